The first-order valence-corrected chi connectivity index (χ1v) is 9.68. The van der Waals surface area contributed by atoms with Gasteiger partial charge in [0.05, 0.1) is 10.5 Å². The summed E-state index contributed by atoms with van der Waals surface area (Å²) in [6.07, 6.45) is 2.83. The molecule has 1 fully saturated rings. The Balaban J connectivity index is 1.48. The van der Waals surface area contributed by atoms with Crippen molar-refractivity contribution in [3.05, 3.63) is 75.3 Å². The van der Waals surface area contributed by atoms with Crippen LogP contribution in [0.1, 0.15) is 34.3 Å². The Hall–Kier alpha value is -3.22. The second-order valence-electron chi connectivity index (χ2n) is 7.30. The molecule has 0 aliphatic carbocycles. The Bertz CT molecular complexity index is 889. The van der Waals surface area contributed by atoms with Crippen LogP contribution in [-0.4, -0.2) is 41.4 Å². The second kappa shape index (κ2) is 9.32. The van der Waals surface area contributed by atoms with Crippen LogP contribution in [0.25, 0.3) is 0 Å². The van der Waals surface area contributed by atoms with E-state index in [1.165, 1.54) is 30.7 Å². The Morgan fingerprint density at radius 1 is 1.10 bits per heavy atom. The number of likely N-dealkylation sites (tertiary alicyclic amines) is 1. The maximum atomic E-state index is 12.4. The van der Waals surface area contributed by atoms with Crippen LogP contribution in [0.3, 0.4) is 0 Å². The summed E-state index contributed by atoms with van der Waals surface area (Å²) in [5.41, 5.74) is 1.50. The van der Waals surface area contributed by atoms with Crippen LogP contribution in [-0.2, 0) is 16.0 Å². The van der Waals surface area contributed by atoms with E-state index in [1.54, 1.807) is 4.90 Å². The maximum absolute atomic E-state index is 12.4. The molecule has 0 bridgehead atoms. The lowest BCUT2D eigenvalue weighted by Gasteiger charge is -2.32. The molecule has 0 radical (unpaired) electrons. The third-order valence-electron chi connectivity index (χ3n) is 5.38. The quantitative estimate of drug-likeness (QED) is 0.423. The molecule has 29 heavy (non-hydrogen) atoms. The van der Waals surface area contributed by atoms with Crippen LogP contribution in [0.4, 0.5) is 5.69 Å². The molecule has 0 N–H and O–H groups in total. The normalized spacial score (nSPS) is 14.4. The van der Waals surface area contributed by atoms with Crippen molar-refractivity contribution in [3.8, 4) is 0 Å². The Kier molecular flexibility index (Phi) is 6.59. The number of rotatable bonds is 6. The summed E-state index contributed by atoms with van der Waals surface area (Å²) in [6.45, 7) is 2.42. The summed E-state index contributed by atoms with van der Waals surface area (Å²) < 4.78 is 5.13. The summed E-state index contributed by atoms with van der Waals surface area (Å²) in [6, 6.07) is 14.5. The number of ether oxygens (including phenoxy) is 1. The van der Waals surface area contributed by atoms with E-state index in [1.807, 2.05) is 18.2 Å². The van der Waals surface area contributed by atoms with Crippen LogP contribution < -0.4 is 0 Å². The molecule has 7 heteroatoms. The van der Waals surface area contributed by atoms with E-state index in [2.05, 4.69) is 12.1 Å². The third-order valence-corrected chi connectivity index (χ3v) is 5.38. The van der Waals surface area contributed by atoms with Gasteiger partial charge in [0.2, 0.25) is 0 Å². The first-order valence-electron chi connectivity index (χ1n) is 9.68. The van der Waals surface area contributed by atoms with E-state index in [9.17, 15) is 19.7 Å². The fourth-order valence-corrected chi connectivity index (χ4v) is 3.67. The highest BCUT2D eigenvalue weighted by atomic mass is 16.6. The van der Waals surface area contributed by atoms with E-state index in [-0.39, 0.29) is 29.3 Å². The molecule has 0 saturated carbocycles. The molecule has 1 aliphatic heterocycles. The number of benzene rings is 2. The number of hydrogen-bond donors (Lipinski definition) is 0. The van der Waals surface area contributed by atoms with Crippen molar-refractivity contribution in [2.24, 2.45) is 5.92 Å². The summed E-state index contributed by atoms with van der Waals surface area (Å²) >= 11 is 0. The van der Waals surface area contributed by atoms with Gasteiger partial charge in [-0.3, -0.25) is 14.9 Å². The molecule has 2 aromatic rings. The SMILES string of the molecule is Cc1c(C(=O)OCC(=O)N2CCC(Cc3ccccc3)CC2)cccc1[N+](=O)[O-]. The van der Waals surface area contributed by atoms with E-state index in [4.69, 9.17) is 4.74 Å². The third kappa shape index (κ3) is 5.19. The predicted octanol–water partition coefficient (Wildman–Crippen LogP) is 3.54. The summed E-state index contributed by atoms with van der Waals surface area (Å²) in [4.78, 5) is 36.8. The Labute approximate surface area is 169 Å². The fraction of sp³-hybridized carbons (Fsp3) is 0.364. The van der Waals surface area contributed by atoms with Crippen molar-refractivity contribution in [2.75, 3.05) is 19.7 Å². The van der Waals surface area contributed by atoms with Crippen LogP contribution in [0.15, 0.2) is 48.5 Å². The Morgan fingerprint density at radius 3 is 2.45 bits per heavy atom. The summed E-state index contributed by atoms with van der Waals surface area (Å²) in [7, 11) is 0. The molecule has 1 aliphatic rings. The molecule has 3 rings (SSSR count). The summed E-state index contributed by atoms with van der Waals surface area (Å²) in [5.74, 6) is -0.422. The van der Waals surface area contributed by atoms with E-state index < -0.39 is 10.9 Å². The van der Waals surface area contributed by atoms with Crippen molar-refractivity contribution in [1.82, 2.24) is 4.90 Å². The van der Waals surface area contributed by atoms with Crippen LogP contribution >= 0.6 is 0 Å². The molecule has 1 amide bonds. The van der Waals surface area contributed by atoms with Crippen molar-refractivity contribution in [1.29, 1.82) is 0 Å². The lowest BCUT2D eigenvalue weighted by Crippen LogP contribution is -2.41. The molecule has 1 heterocycles. The predicted molar refractivity (Wildman–Crippen MR) is 108 cm³/mol. The van der Waals surface area contributed by atoms with E-state index >= 15 is 0 Å². The van der Waals surface area contributed by atoms with Crippen LogP contribution in [0, 0.1) is 23.0 Å². The first kappa shape index (κ1) is 20.5. The van der Waals surface area contributed by atoms with Gasteiger partial charge in [0.15, 0.2) is 6.61 Å². The van der Waals surface area contributed by atoms with Gasteiger partial charge in [0.25, 0.3) is 11.6 Å². The largest absolute Gasteiger partial charge is 0.452 e. The van der Waals surface area contributed by atoms with Gasteiger partial charge in [-0.05, 0) is 43.7 Å². The molecule has 152 valence electrons. The molecular weight excluding hydrogens is 372 g/mol. The minimum atomic E-state index is -0.724. The number of nitrogens with zero attached hydrogens (tertiary/aromatic N) is 2. The van der Waals surface area contributed by atoms with Gasteiger partial charge in [-0.1, -0.05) is 36.4 Å². The van der Waals surface area contributed by atoms with Crippen molar-refractivity contribution < 1.29 is 19.2 Å². The molecule has 0 aromatic heterocycles. The minimum absolute atomic E-state index is 0.105. The maximum Gasteiger partial charge on any atom is 0.339 e. The second-order valence-corrected chi connectivity index (χ2v) is 7.30. The number of carbonyl (C=O) groups is 2. The number of amides is 1. The molecule has 2 aromatic carbocycles. The smallest absolute Gasteiger partial charge is 0.339 e. The zero-order valence-electron chi connectivity index (χ0n) is 16.4. The van der Waals surface area contributed by atoms with Gasteiger partial charge >= 0.3 is 5.97 Å². The van der Waals surface area contributed by atoms with Crippen LogP contribution in [0.2, 0.25) is 0 Å². The highest BCUT2D eigenvalue weighted by molar-refractivity contribution is 5.93. The monoisotopic (exact) mass is 396 g/mol. The van der Waals surface area contributed by atoms with E-state index in [0.717, 1.165) is 19.3 Å². The molecule has 0 unspecified atom stereocenters. The molecule has 0 atom stereocenters. The zero-order valence-corrected chi connectivity index (χ0v) is 16.4. The number of nitro groups is 1. The number of nitro benzene ring substituents is 1. The van der Waals surface area contributed by atoms with Crippen LogP contribution in [0.5, 0.6) is 0 Å². The molecule has 0 spiro atoms. The minimum Gasteiger partial charge on any atom is -0.452 e. The zero-order chi connectivity index (χ0) is 20.8. The Morgan fingerprint density at radius 2 is 1.79 bits per heavy atom. The fourth-order valence-electron chi connectivity index (χ4n) is 3.67. The number of esters is 1. The number of hydrogen-bond acceptors (Lipinski definition) is 5. The summed E-state index contributed by atoms with van der Waals surface area (Å²) in [5, 5.41) is 11.0. The highest BCUT2D eigenvalue weighted by Crippen LogP contribution is 2.23. The van der Waals surface area contributed by atoms with Gasteiger partial charge in [-0.25, -0.2) is 4.79 Å². The van der Waals surface area contributed by atoms with Gasteiger partial charge in [-0.2, -0.15) is 0 Å². The van der Waals surface area contributed by atoms with Gasteiger partial charge in [0.1, 0.15) is 0 Å². The highest BCUT2D eigenvalue weighted by Gasteiger charge is 2.25. The molecule has 7 nitrogen and oxygen atoms in total. The lowest BCUT2D eigenvalue weighted by atomic mass is 9.90. The molecule has 1 saturated heterocycles. The standard InChI is InChI=1S/C22H24N2O5/c1-16-19(8-5-9-20(16)24(27)28)22(26)29-15-21(25)23-12-10-18(11-13-23)14-17-6-3-2-4-7-17/h2-9,18H,10-15H2,1H3. The van der Waals surface area contributed by atoms with Crippen molar-refractivity contribution in [3.63, 3.8) is 0 Å². The number of piperidine rings is 1. The van der Waals surface area contributed by atoms with Gasteiger partial charge in [-0.15, -0.1) is 0 Å². The molecular formula is C22H24N2O5. The van der Waals surface area contributed by atoms with Gasteiger partial charge < -0.3 is 9.64 Å². The topological polar surface area (TPSA) is 89.8 Å². The first-order chi connectivity index (χ1) is 14.0. The average molecular weight is 396 g/mol. The van der Waals surface area contributed by atoms with Crippen molar-refractivity contribution >= 4 is 17.6 Å². The number of carbonyl (C=O) groups excluding carboxylic acids is 2. The average Bonchev–Trinajstić information content (AvgIpc) is 2.73. The van der Waals surface area contributed by atoms with Crippen molar-refractivity contribution in [2.45, 2.75) is 26.2 Å². The van der Waals surface area contributed by atoms with Gasteiger partial charge in [0, 0.05) is 24.7 Å². The van der Waals surface area contributed by atoms with E-state index in [0.29, 0.717) is 19.0 Å². The lowest BCUT2D eigenvalue weighted by molar-refractivity contribution is -0.385.